The van der Waals surface area contributed by atoms with Gasteiger partial charge in [0.15, 0.2) is 0 Å². The Hall–Kier alpha value is -4.97. The molecular weight excluding hydrogens is 991 g/mol. The zero-order valence-electron chi connectivity index (χ0n) is 38.6. The van der Waals surface area contributed by atoms with E-state index in [1.165, 1.54) is 85.8 Å². The molecule has 0 atom stereocenters. The maximum Gasteiger partial charge on any atom is 0.0799 e. The van der Waals surface area contributed by atoms with E-state index in [2.05, 4.69) is 192 Å². The van der Waals surface area contributed by atoms with Crippen molar-refractivity contribution in [3.8, 4) is 39.5 Å². The quantitative estimate of drug-likeness (QED) is 0.112. The van der Waals surface area contributed by atoms with Crippen molar-refractivity contribution < 1.29 is 20.1 Å². The first-order valence-corrected chi connectivity index (χ1v) is 27.3. The van der Waals surface area contributed by atoms with Crippen LogP contribution in [0.2, 0.25) is 19.6 Å². The fourth-order valence-corrected chi connectivity index (χ4v) is 12.4. The molecule has 3 nitrogen and oxygen atoms in total. The van der Waals surface area contributed by atoms with Crippen LogP contribution in [-0.4, -0.2) is 22.6 Å². The van der Waals surface area contributed by atoms with Crippen LogP contribution in [0, 0.1) is 19.1 Å². The topological polar surface area (TPSA) is 30.7 Å². The van der Waals surface area contributed by atoms with Gasteiger partial charge in [0, 0.05) is 36.7 Å². The number of benzene rings is 6. The fourth-order valence-electron chi connectivity index (χ4n) is 9.67. The molecule has 6 aromatic carbocycles. The average Bonchev–Trinajstić information content (AvgIpc) is 3.88. The van der Waals surface area contributed by atoms with Gasteiger partial charge in [0.05, 0.1) is 24.9 Å². The summed E-state index contributed by atoms with van der Waals surface area (Å²) in [5, 5.41) is 4.17. The molecule has 1 radical (unpaired) electrons. The van der Waals surface area contributed by atoms with E-state index in [0.29, 0.717) is 11.8 Å². The standard InChI is InChI=1S/C38H33N2S.C20H26NSi.Ir/c1-23(2)29-21-28(26-13-7-6-8-14-26)22-30(24(3)4)37(29)40-33-16-10-9-15-32(33)39-38(40)27-18-19-34-31(20-27)36-25(5)12-11-17-35(36)41-34;1-22(2,3)20-15-21-19(17-12-8-5-9-13-17)14-18(20)16-10-6-4-7-11-16;/h6-17,19-24H,1-5H3;5,8-9,12,14-16H,4,6-7,10-11H2,1-3H3;/q2*-1;. The number of hydrogen-bond acceptors (Lipinski definition) is 3. The number of hydrogen-bond donors (Lipinski definition) is 0. The third kappa shape index (κ3) is 9.13. The molecule has 3 aromatic heterocycles. The van der Waals surface area contributed by atoms with Crippen LogP contribution in [-0.2, 0) is 20.1 Å². The van der Waals surface area contributed by atoms with Gasteiger partial charge in [0.2, 0.25) is 0 Å². The van der Waals surface area contributed by atoms with Crippen LogP contribution in [0.4, 0.5) is 0 Å². The Bertz CT molecular complexity index is 3010. The molecule has 1 saturated carbocycles. The molecule has 0 amide bonds. The van der Waals surface area contributed by atoms with Gasteiger partial charge in [-0.1, -0.05) is 138 Å². The van der Waals surface area contributed by atoms with Crippen molar-refractivity contribution in [2.75, 3.05) is 0 Å². The van der Waals surface area contributed by atoms with Gasteiger partial charge in [-0.15, -0.1) is 59.7 Å². The van der Waals surface area contributed by atoms with Crippen molar-refractivity contribution in [1.82, 2.24) is 14.5 Å². The minimum Gasteiger partial charge on any atom is -0.333 e. The zero-order chi connectivity index (χ0) is 43.8. The molecule has 0 unspecified atom stereocenters. The Morgan fingerprint density at radius 3 is 2.09 bits per heavy atom. The van der Waals surface area contributed by atoms with Crippen LogP contribution >= 0.6 is 11.3 Å². The van der Waals surface area contributed by atoms with E-state index in [0.717, 1.165) is 39.6 Å². The number of thiophene rings is 1. The first-order valence-electron chi connectivity index (χ1n) is 23.0. The molecule has 327 valence electrons. The molecular formula is C58H59IrN3SSi-2. The number of nitrogens with zero attached hydrogens (tertiary/aromatic N) is 3. The molecule has 0 N–H and O–H groups in total. The Balaban J connectivity index is 0.000000206. The van der Waals surface area contributed by atoms with E-state index < -0.39 is 8.07 Å². The smallest absolute Gasteiger partial charge is 0.0799 e. The van der Waals surface area contributed by atoms with Crippen LogP contribution in [0.15, 0.2) is 134 Å². The first kappa shape index (κ1) is 45.6. The summed E-state index contributed by atoms with van der Waals surface area (Å²) in [4.78, 5) is 10.0. The van der Waals surface area contributed by atoms with Gasteiger partial charge in [-0.05, 0) is 117 Å². The van der Waals surface area contributed by atoms with Crippen molar-refractivity contribution >= 4 is 55.8 Å². The van der Waals surface area contributed by atoms with E-state index in [1.54, 1.807) is 10.8 Å². The number of aryl methyl sites for hydroxylation is 1. The van der Waals surface area contributed by atoms with Gasteiger partial charge in [-0.25, -0.2) is 0 Å². The number of imidazole rings is 1. The molecule has 3 heterocycles. The second-order valence-electron chi connectivity index (χ2n) is 19.1. The Kier molecular flexibility index (Phi) is 13.7. The summed E-state index contributed by atoms with van der Waals surface area (Å²) in [5.74, 6) is 2.34. The van der Waals surface area contributed by atoms with Crippen molar-refractivity contribution in [3.05, 3.63) is 168 Å². The SMILES string of the molecule is C[Si](C)(C)c1cnc(-c2[c-]cccc2)cc1C1CCCCC1.Cc1cccc2sc3c[c-]c(-c4nc5ccccc5n4-c4c(C(C)C)cc(-c5ccccc5)cc4C(C)C)cc3c12.[Ir]. The van der Waals surface area contributed by atoms with Crippen molar-refractivity contribution in [1.29, 1.82) is 0 Å². The minimum atomic E-state index is -1.36. The van der Waals surface area contributed by atoms with Crippen LogP contribution < -0.4 is 5.19 Å². The maximum atomic E-state index is 5.27. The molecule has 1 aliphatic carbocycles. The molecule has 0 saturated heterocycles. The second-order valence-corrected chi connectivity index (χ2v) is 25.3. The Morgan fingerprint density at radius 2 is 1.41 bits per heavy atom. The van der Waals surface area contributed by atoms with Gasteiger partial charge in [-0.2, -0.15) is 11.3 Å². The number of rotatable bonds is 8. The number of para-hydroxylation sites is 2. The minimum absolute atomic E-state index is 0. The van der Waals surface area contributed by atoms with E-state index in [-0.39, 0.29) is 20.1 Å². The van der Waals surface area contributed by atoms with Crippen LogP contribution in [0.25, 0.3) is 70.7 Å². The van der Waals surface area contributed by atoms with Crippen LogP contribution in [0.1, 0.15) is 99.8 Å². The number of fused-ring (bicyclic) bond motifs is 4. The predicted octanol–water partition coefficient (Wildman–Crippen LogP) is 16.2. The van der Waals surface area contributed by atoms with E-state index in [9.17, 15) is 0 Å². The summed E-state index contributed by atoms with van der Waals surface area (Å²) >= 11 is 1.84. The van der Waals surface area contributed by atoms with E-state index in [4.69, 9.17) is 9.97 Å². The molecule has 1 fully saturated rings. The van der Waals surface area contributed by atoms with Crippen molar-refractivity contribution in [2.24, 2.45) is 0 Å². The average molecular weight is 1050 g/mol. The summed E-state index contributed by atoms with van der Waals surface area (Å²) in [6, 6.07) is 52.6. The molecule has 1 aliphatic rings. The summed E-state index contributed by atoms with van der Waals surface area (Å²) in [7, 11) is -1.36. The molecule has 0 bridgehead atoms. The van der Waals surface area contributed by atoms with Crippen molar-refractivity contribution in [2.45, 2.75) is 104 Å². The first-order chi connectivity index (χ1) is 30.5. The summed E-state index contributed by atoms with van der Waals surface area (Å²) < 4.78 is 4.99. The third-order valence-corrected chi connectivity index (χ3v) is 16.1. The summed E-state index contributed by atoms with van der Waals surface area (Å²) in [6.07, 6.45) is 9.03. The normalized spacial score (nSPS) is 13.4. The van der Waals surface area contributed by atoms with Gasteiger partial charge < -0.3 is 9.55 Å². The molecule has 6 heteroatoms. The van der Waals surface area contributed by atoms with E-state index in [1.807, 2.05) is 23.5 Å². The molecule has 10 rings (SSSR count). The number of pyridine rings is 1. The second kappa shape index (κ2) is 19.2. The monoisotopic (exact) mass is 1050 g/mol. The maximum absolute atomic E-state index is 5.27. The molecule has 0 spiro atoms. The summed E-state index contributed by atoms with van der Waals surface area (Å²) in [5.41, 5.74) is 14.7. The van der Waals surface area contributed by atoms with Gasteiger partial charge in [0.25, 0.3) is 0 Å². The largest absolute Gasteiger partial charge is 0.333 e. The third-order valence-electron chi connectivity index (χ3n) is 13.0. The number of aromatic nitrogens is 3. The van der Waals surface area contributed by atoms with Gasteiger partial charge in [0.1, 0.15) is 0 Å². The van der Waals surface area contributed by atoms with E-state index >= 15 is 0 Å². The van der Waals surface area contributed by atoms with Gasteiger partial charge in [-0.3, -0.25) is 4.98 Å². The predicted molar refractivity (Wildman–Crippen MR) is 274 cm³/mol. The van der Waals surface area contributed by atoms with Gasteiger partial charge >= 0.3 is 0 Å². The molecule has 9 aromatic rings. The molecule has 64 heavy (non-hydrogen) atoms. The summed E-state index contributed by atoms with van der Waals surface area (Å²) in [6.45, 7) is 18.7. The fraction of sp³-hybridized carbons (Fsp3) is 0.276. The van der Waals surface area contributed by atoms with Crippen LogP contribution in [0.3, 0.4) is 0 Å². The zero-order valence-corrected chi connectivity index (χ0v) is 42.8. The molecule has 0 aliphatic heterocycles. The Labute approximate surface area is 399 Å². The Morgan fingerprint density at radius 1 is 0.703 bits per heavy atom. The van der Waals surface area contributed by atoms with Crippen molar-refractivity contribution in [3.63, 3.8) is 0 Å². The van der Waals surface area contributed by atoms with Crippen LogP contribution in [0.5, 0.6) is 0 Å².